The van der Waals surface area contributed by atoms with Crippen molar-refractivity contribution in [2.45, 2.75) is 30.7 Å². The molecule has 0 radical (unpaired) electrons. The minimum atomic E-state index is -3.20. The predicted molar refractivity (Wildman–Crippen MR) is 141 cm³/mol. The van der Waals surface area contributed by atoms with Crippen LogP contribution in [0.2, 0.25) is 0 Å². The summed E-state index contributed by atoms with van der Waals surface area (Å²) in [5, 5.41) is 5.69. The molecule has 1 saturated heterocycles. The molecule has 2 aliphatic rings. The zero-order valence-electron chi connectivity index (χ0n) is 21.6. The van der Waals surface area contributed by atoms with Crippen LogP contribution in [0, 0.1) is 0 Å². The first-order valence-corrected chi connectivity index (χ1v) is 12.7. The van der Waals surface area contributed by atoms with Crippen molar-refractivity contribution in [3.05, 3.63) is 105 Å². The van der Waals surface area contributed by atoms with Gasteiger partial charge in [0.2, 0.25) is 5.91 Å². The molecule has 0 aromatic heterocycles. The molecule has 0 saturated carbocycles. The molecule has 2 amide bonds. The number of likely N-dealkylation sites (tertiary alicyclic amines) is 1. The lowest BCUT2D eigenvalue weighted by atomic mass is 10.0. The van der Waals surface area contributed by atoms with E-state index in [1.54, 1.807) is 42.5 Å². The van der Waals surface area contributed by atoms with Gasteiger partial charge in [0.05, 0.1) is 19.6 Å². The van der Waals surface area contributed by atoms with Gasteiger partial charge in [0.25, 0.3) is 11.8 Å². The summed E-state index contributed by atoms with van der Waals surface area (Å²) in [4.78, 5) is 42.4. The van der Waals surface area contributed by atoms with E-state index in [2.05, 4.69) is 15.3 Å². The molecule has 0 spiro atoms. The van der Waals surface area contributed by atoms with Crippen molar-refractivity contribution in [3.63, 3.8) is 0 Å². The number of hydrogen-bond acceptors (Lipinski definition) is 5. The number of fused-ring (bicyclic) bond motifs is 3. The summed E-state index contributed by atoms with van der Waals surface area (Å²) in [5.41, 5.74) is 7.35. The highest BCUT2D eigenvalue weighted by atomic mass is 19.3. The number of halogens is 3. The third kappa shape index (κ3) is 5.46. The van der Waals surface area contributed by atoms with E-state index >= 15 is 4.39 Å². The minimum absolute atomic E-state index is 0.0486. The molecule has 0 bridgehead atoms. The van der Waals surface area contributed by atoms with Crippen LogP contribution in [0.3, 0.4) is 0 Å². The van der Waals surface area contributed by atoms with Gasteiger partial charge >= 0.3 is 5.97 Å². The summed E-state index contributed by atoms with van der Waals surface area (Å²) >= 11 is 0. The van der Waals surface area contributed by atoms with Crippen LogP contribution in [0.5, 0.6) is 0 Å². The van der Waals surface area contributed by atoms with E-state index in [9.17, 15) is 23.2 Å². The Morgan fingerprint density at radius 1 is 1.00 bits per heavy atom. The van der Waals surface area contributed by atoms with Crippen LogP contribution in [0.15, 0.2) is 77.9 Å². The van der Waals surface area contributed by atoms with Gasteiger partial charge in [0.1, 0.15) is 18.3 Å². The van der Waals surface area contributed by atoms with Crippen LogP contribution in [-0.4, -0.2) is 54.0 Å². The third-order valence-electron chi connectivity index (χ3n) is 7.20. The number of esters is 1. The molecule has 1 heterocycles. The number of nitrogens with one attached hydrogen (secondary N) is 1. The van der Waals surface area contributed by atoms with Gasteiger partial charge < -0.3 is 15.0 Å². The third-order valence-corrected chi connectivity index (χ3v) is 7.20. The summed E-state index contributed by atoms with van der Waals surface area (Å²) < 4.78 is 50.4. The van der Waals surface area contributed by atoms with E-state index in [1.165, 1.54) is 30.3 Å². The maximum Gasteiger partial charge on any atom is 0.329 e. The second-order valence-corrected chi connectivity index (χ2v) is 9.94. The monoisotopic (exact) mass is 563 g/mol. The first kappa shape index (κ1) is 27.7. The zero-order chi connectivity index (χ0) is 29.2. The molecule has 5 rings (SSSR count). The second-order valence-electron chi connectivity index (χ2n) is 9.94. The molecule has 1 aliphatic heterocycles. The number of hydrogen-bond donors (Lipinski definition) is 1. The van der Waals surface area contributed by atoms with Gasteiger partial charge in [0.15, 0.2) is 0 Å². The SMILES string of the molecule is [N-]=[N+]=NC[C@@]1(F)C[C@@H](C(=O)OCc2ccccc2)N(C(=O)CNC(=O)c2ccc3c(c2)-c2ccccc2C3(F)F)C1. The van der Waals surface area contributed by atoms with Gasteiger partial charge in [0, 0.05) is 28.0 Å². The first-order valence-electron chi connectivity index (χ1n) is 12.7. The molecule has 12 heteroatoms. The summed E-state index contributed by atoms with van der Waals surface area (Å²) in [6.07, 6.45) is -0.447. The van der Waals surface area contributed by atoms with Crippen molar-refractivity contribution >= 4 is 17.8 Å². The molecule has 1 N–H and O–H groups in total. The second kappa shape index (κ2) is 11.0. The van der Waals surface area contributed by atoms with E-state index in [0.717, 1.165) is 4.90 Å². The van der Waals surface area contributed by atoms with Gasteiger partial charge in [-0.3, -0.25) is 9.59 Å². The number of carbonyl (C=O) groups is 3. The molecule has 210 valence electrons. The molecule has 3 aromatic carbocycles. The Kier molecular flexibility index (Phi) is 7.42. The summed E-state index contributed by atoms with van der Waals surface area (Å²) in [7, 11) is 0. The fourth-order valence-electron chi connectivity index (χ4n) is 5.19. The quantitative estimate of drug-likeness (QED) is 0.181. The fraction of sp³-hybridized carbons (Fsp3) is 0.276. The van der Waals surface area contributed by atoms with E-state index in [-0.39, 0.29) is 28.9 Å². The van der Waals surface area contributed by atoms with Gasteiger partial charge in [-0.25, -0.2) is 9.18 Å². The average molecular weight is 564 g/mol. The molecule has 2 atom stereocenters. The standard InChI is InChI=1S/C29H24F3N5O4/c30-28(16-35-36-33)13-24(27(40)41-15-18-6-2-1-3-7-18)37(17-28)25(38)14-34-26(39)19-10-11-23-21(12-19)20-8-4-5-9-22(20)29(23,31)32/h1-12,24H,13-17H2,(H,34,39)/t24-,28-/m0/s1. The van der Waals surface area contributed by atoms with Gasteiger partial charge in [-0.05, 0) is 34.4 Å². The van der Waals surface area contributed by atoms with Crippen molar-refractivity contribution < 1.29 is 32.3 Å². The highest BCUT2D eigenvalue weighted by Crippen LogP contribution is 2.50. The Bertz CT molecular complexity index is 1560. The number of rotatable bonds is 8. The van der Waals surface area contributed by atoms with Gasteiger partial charge in [-0.1, -0.05) is 65.8 Å². The highest BCUT2D eigenvalue weighted by molar-refractivity contribution is 5.99. The van der Waals surface area contributed by atoms with Crippen molar-refractivity contribution in [1.82, 2.24) is 10.2 Å². The van der Waals surface area contributed by atoms with Crippen LogP contribution in [-0.2, 0) is 26.9 Å². The van der Waals surface area contributed by atoms with Gasteiger partial charge in [-0.15, -0.1) is 0 Å². The van der Waals surface area contributed by atoms with E-state index < -0.39 is 61.5 Å². The van der Waals surface area contributed by atoms with Crippen molar-refractivity contribution in [2.75, 3.05) is 19.6 Å². The summed E-state index contributed by atoms with van der Waals surface area (Å²) in [6.45, 7) is -1.83. The average Bonchev–Trinajstić information content (AvgIpc) is 3.46. The smallest absolute Gasteiger partial charge is 0.329 e. The molecule has 0 unspecified atom stereocenters. The van der Waals surface area contributed by atoms with Gasteiger partial charge in [-0.2, -0.15) is 8.78 Å². The van der Waals surface area contributed by atoms with Crippen LogP contribution in [0.25, 0.3) is 21.6 Å². The maximum absolute atomic E-state index is 15.4. The van der Waals surface area contributed by atoms with Crippen LogP contribution >= 0.6 is 0 Å². The van der Waals surface area contributed by atoms with E-state index in [1.807, 2.05) is 0 Å². The summed E-state index contributed by atoms with van der Waals surface area (Å²) in [6, 6.07) is 17.2. The fourth-order valence-corrected chi connectivity index (χ4v) is 5.19. The number of nitrogens with zero attached hydrogens (tertiary/aromatic N) is 4. The van der Waals surface area contributed by atoms with E-state index in [0.29, 0.717) is 11.1 Å². The Hall–Kier alpha value is -4.83. The number of azide groups is 1. The normalized spacial score (nSPS) is 20.0. The number of carbonyl (C=O) groups excluding carboxylic acids is 3. The molecular formula is C29H24F3N5O4. The van der Waals surface area contributed by atoms with Crippen LogP contribution < -0.4 is 5.32 Å². The van der Waals surface area contributed by atoms with Crippen molar-refractivity contribution in [3.8, 4) is 11.1 Å². The number of ether oxygens (including phenoxy) is 1. The van der Waals surface area contributed by atoms with Crippen LogP contribution in [0.4, 0.5) is 13.2 Å². The predicted octanol–water partition coefficient (Wildman–Crippen LogP) is 4.90. The molecule has 41 heavy (non-hydrogen) atoms. The largest absolute Gasteiger partial charge is 0.459 e. The maximum atomic E-state index is 15.4. The first-order chi connectivity index (χ1) is 19.6. The number of alkyl halides is 3. The Morgan fingerprint density at radius 3 is 2.46 bits per heavy atom. The lowest BCUT2D eigenvalue weighted by Crippen LogP contribution is -2.46. The Balaban J connectivity index is 1.28. The van der Waals surface area contributed by atoms with Crippen molar-refractivity contribution in [1.29, 1.82) is 0 Å². The molecule has 1 aliphatic carbocycles. The molecule has 3 aromatic rings. The lowest BCUT2D eigenvalue weighted by molar-refractivity contribution is -0.154. The lowest BCUT2D eigenvalue weighted by Gasteiger charge is -2.23. The molecule has 1 fully saturated rings. The molecular weight excluding hydrogens is 539 g/mol. The zero-order valence-corrected chi connectivity index (χ0v) is 21.6. The number of amides is 2. The van der Waals surface area contributed by atoms with Crippen molar-refractivity contribution in [2.24, 2.45) is 5.11 Å². The highest BCUT2D eigenvalue weighted by Gasteiger charge is 2.50. The molecule has 9 nitrogen and oxygen atoms in total. The summed E-state index contributed by atoms with van der Waals surface area (Å²) in [5.74, 6) is -5.52. The topological polar surface area (TPSA) is 124 Å². The Labute approximate surface area is 232 Å². The minimum Gasteiger partial charge on any atom is -0.459 e. The Morgan fingerprint density at radius 2 is 1.71 bits per heavy atom. The van der Waals surface area contributed by atoms with Crippen LogP contribution in [0.1, 0.15) is 33.5 Å². The van der Waals surface area contributed by atoms with E-state index in [4.69, 9.17) is 10.3 Å². The number of benzene rings is 3.